The molecule has 4 rings (SSSR count). The summed E-state index contributed by atoms with van der Waals surface area (Å²) < 4.78 is 11.0. The van der Waals surface area contributed by atoms with Crippen LogP contribution in [0, 0.1) is 0 Å². The Bertz CT molecular complexity index is 823. The lowest BCUT2D eigenvalue weighted by Gasteiger charge is -2.19. The van der Waals surface area contributed by atoms with Crippen molar-refractivity contribution in [2.45, 2.75) is 38.6 Å². The smallest absolute Gasteiger partial charge is 0.258 e. The van der Waals surface area contributed by atoms with Gasteiger partial charge in [0.05, 0.1) is 12.2 Å². The molecule has 0 spiro atoms. The van der Waals surface area contributed by atoms with Gasteiger partial charge >= 0.3 is 0 Å². The molecule has 1 aromatic heterocycles. The highest BCUT2D eigenvalue weighted by Crippen LogP contribution is 2.27. The molecule has 28 heavy (non-hydrogen) atoms. The molecule has 1 saturated heterocycles. The van der Waals surface area contributed by atoms with Crippen molar-refractivity contribution >= 4 is 11.9 Å². The minimum Gasteiger partial charge on any atom is -0.494 e. The Morgan fingerprint density at radius 1 is 1.29 bits per heavy atom. The van der Waals surface area contributed by atoms with Gasteiger partial charge in [0.1, 0.15) is 12.5 Å². The van der Waals surface area contributed by atoms with E-state index in [1.807, 2.05) is 13.0 Å². The largest absolute Gasteiger partial charge is 0.494 e. The Morgan fingerprint density at radius 3 is 2.93 bits per heavy atom. The predicted molar refractivity (Wildman–Crippen MR) is 108 cm³/mol. The number of fused-ring (bicyclic) bond motifs is 1. The summed E-state index contributed by atoms with van der Waals surface area (Å²) in [7, 11) is 0. The zero-order valence-electron chi connectivity index (χ0n) is 16.2. The van der Waals surface area contributed by atoms with E-state index in [2.05, 4.69) is 27.4 Å². The average molecular weight is 384 g/mol. The molecule has 7 heteroatoms. The van der Waals surface area contributed by atoms with Crippen LogP contribution in [0.15, 0.2) is 30.6 Å². The fraction of sp³-hybridized carbons (Fsp3) is 0.476. The van der Waals surface area contributed by atoms with Crippen LogP contribution in [-0.4, -0.2) is 53.3 Å². The molecule has 0 bridgehead atoms. The van der Waals surface area contributed by atoms with Gasteiger partial charge in [0.15, 0.2) is 0 Å². The molecule has 0 saturated carbocycles. The topological polar surface area (TPSA) is 76.6 Å². The van der Waals surface area contributed by atoms with E-state index in [1.165, 1.54) is 11.1 Å². The zero-order valence-corrected chi connectivity index (χ0v) is 16.2. The van der Waals surface area contributed by atoms with Crippen LogP contribution in [0.5, 0.6) is 5.75 Å². The van der Waals surface area contributed by atoms with Gasteiger partial charge in [-0.05, 0) is 55.9 Å². The molecule has 150 valence electrons. The van der Waals surface area contributed by atoms with Crippen molar-refractivity contribution in [3.8, 4) is 5.75 Å². The third-order valence-corrected chi connectivity index (χ3v) is 5.15. The molecule has 1 unspecified atom stereocenters. The SMILES string of the molecule is CCOc1ccc2c(c1)CC(Nc1ncc(C(=O)N3CCCCOC3)cn1)C2.[HH]. The number of aromatic nitrogens is 2. The first-order valence-electron chi connectivity index (χ1n) is 9.93. The second kappa shape index (κ2) is 8.56. The lowest BCUT2D eigenvalue weighted by Crippen LogP contribution is -2.33. The fourth-order valence-electron chi connectivity index (χ4n) is 3.74. The van der Waals surface area contributed by atoms with Crippen molar-refractivity contribution in [1.82, 2.24) is 14.9 Å². The molecule has 1 atom stereocenters. The highest BCUT2D eigenvalue weighted by Gasteiger charge is 2.23. The molecule has 2 heterocycles. The normalized spacial score (nSPS) is 19.0. The van der Waals surface area contributed by atoms with Crippen LogP contribution in [0.3, 0.4) is 0 Å². The van der Waals surface area contributed by atoms with E-state index < -0.39 is 0 Å². The van der Waals surface area contributed by atoms with Gasteiger partial charge in [-0.15, -0.1) is 0 Å². The molecule has 2 aromatic rings. The summed E-state index contributed by atoms with van der Waals surface area (Å²) in [6.07, 6.45) is 6.97. The molecular weight excluding hydrogens is 356 g/mol. The average Bonchev–Trinajstić information content (AvgIpc) is 2.91. The number of rotatable bonds is 5. The number of benzene rings is 1. The number of nitrogens with zero attached hydrogens (tertiary/aromatic N) is 3. The molecule has 1 aliphatic heterocycles. The molecule has 7 nitrogen and oxygen atoms in total. The zero-order chi connectivity index (χ0) is 19.3. The van der Waals surface area contributed by atoms with Gasteiger partial charge in [-0.1, -0.05) is 6.07 Å². The lowest BCUT2D eigenvalue weighted by atomic mass is 10.1. The first-order chi connectivity index (χ1) is 13.7. The van der Waals surface area contributed by atoms with Gasteiger partial charge in [0.25, 0.3) is 5.91 Å². The Hall–Kier alpha value is -2.67. The van der Waals surface area contributed by atoms with Crippen molar-refractivity contribution in [2.24, 2.45) is 0 Å². The van der Waals surface area contributed by atoms with E-state index in [9.17, 15) is 4.79 Å². The molecule has 2 aliphatic rings. The molecule has 1 aliphatic carbocycles. The number of nitrogens with one attached hydrogen (secondary N) is 1. The number of anilines is 1. The molecule has 1 fully saturated rings. The summed E-state index contributed by atoms with van der Waals surface area (Å²) in [5.74, 6) is 1.38. The van der Waals surface area contributed by atoms with Crippen LogP contribution in [-0.2, 0) is 17.6 Å². The molecule has 1 amide bonds. The van der Waals surface area contributed by atoms with Crippen molar-refractivity contribution in [1.29, 1.82) is 0 Å². The Kier molecular flexibility index (Phi) is 5.71. The van der Waals surface area contributed by atoms with Crippen LogP contribution in [0.25, 0.3) is 0 Å². The van der Waals surface area contributed by atoms with Gasteiger partial charge < -0.3 is 19.7 Å². The van der Waals surface area contributed by atoms with Crippen molar-refractivity contribution in [2.75, 3.05) is 31.8 Å². The number of carbonyl (C=O) groups is 1. The van der Waals surface area contributed by atoms with E-state index in [0.29, 0.717) is 38.0 Å². The lowest BCUT2D eigenvalue weighted by molar-refractivity contribution is 0.0368. The van der Waals surface area contributed by atoms with Gasteiger partial charge in [0.2, 0.25) is 5.95 Å². The van der Waals surface area contributed by atoms with E-state index in [1.54, 1.807) is 17.3 Å². The fourth-order valence-corrected chi connectivity index (χ4v) is 3.74. The Balaban J connectivity index is 0.00000240. The second-order valence-electron chi connectivity index (χ2n) is 7.22. The minimum absolute atomic E-state index is 0. The van der Waals surface area contributed by atoms with Gasteiger partial charge in [-0.25, -0.2) is 9.97 Å². The highest BCUT2D eigenvalue weighted by molar-refractivity contribution is 5.93. The number of amides is 1. The highest BCUT2D eigenvalue weighted by atomic mass is 16.5. The van der Waals surface area contributed by atoms with E-state index in [0.717, 1.165) is 31.4 Å². The molecule has 1 N–H and O–H groups in total. The van der Waals surface area contributed by atoms with E-state index >= 15 is 0 Å². The summed E-state index contributed by atoms with van der Waals surface area (Å²) in [6, 6.07) is 6.52. The first-order valence-corrected chi connectivity index (χ1v) is 9.93. The summed E-state index contributed by atoms with van der Waals surface area (Å²) in [5.41, 5.74) is 3.12. The summed E-state index contributed by atoms with van der Waals surface area (Å²) in [6.45, 7) is 4.41. The van der Waals surface area contributed by atoms with Crippen LogP contribution >= 0.6 is 0 Å². The van der Waals surface area contributed by atoms with Crippen LogP contribution < -0.4 is 10.1 Å². The Labute approximate surface area is 166 Å². The second-order valence-corrected chi connectivity index (χ2v) is 7.22. The number of hydrogen-bond donors (Lipinski definition) is 1. The van der Waals surface area contributed by atoms with Gasteiger partial charge in [-0.2, -0.15) is 0 Å². The monoisotopic (exact) mass is 384 g/mol. The molecule has 0 radical (unpaired) electrons. The van der Waals surface area contributed by atoms with Crippen molar-refractivity contribution < 1.29 is 15.7 Å². The number of hydrogen-bond acceptors (Lipinski definition) is 6. The standard InChI is InChI=1S/C21H26N4O3.H2/c1-2-28-19-6-5-15-9-18(10-16(15)11-19)24-21-22-12-17(13-23-21)20(26)25-7-3-4-8-27-14-25;/h5-6,11-13,18H,2-4,7-10,14H2,1H3,(H,22,23,24);1H. The molecule has 1 aromatic carbocycles. The van der Waals surface area contributed by atoms with Gasteiger partial charge in [0, 0.05) is 33.0 Å². The maximum atomic E-state index is 12.6. The van der Waals surface area contributed by atoms with Crippen molar-refractivity contribution in [3.63, 3.8) is 0 Å². The third-order valence-electron chi connectivity index (χ3n) is 5.15. The van der Waals surface area contributed by atoms with E-state index in [4.69, 9.17) is 9.47 Å². The van der Waals surface area contributed by atoms with E-state index in [-0.39, 0.29) is 13.4 Å². The molecular formula is C21H28N4O3. The maximum absolute atomic E-state index is 12.6. The Morgan fingerprint density at radius 2 is 2.11 bits per heavy atom. The van der Waals surface area contributed by atoms with Crippen LogP contribution in [0.1, 0.15) is 42.7 Å². The number of ether oxygens (including phenoxy) is 2. The minimum atomic E-state index is -0.0785. The summed E-state index contributed by atoms with van der Waals surface area (Å²) in [5, 5.41) is 3.38. The summed E-state index contributed by atoms with van der Waals surface area (Å²) >= 11 is 0. The van der Waals surface area contributed by atoms with Crippen LogP contribution in [0.2, 0.25) is 0 Å². The van der Waals surface area contributed by atoms with Gasteiger partial charge in [-0.3, -0.25) is 4.79 Å². The summed E-state index contributed by atoms with van der Waals surface area (Å²) in [4.78, 5) is 23.0. The van der Waals surface area contributed by atoms with Crippen molar-refractivity contribution in [3.05, 3.63) is 47.3 Å². The number of carbonyl (C=O) groups excluding carboxylic acids is 1. The third kappa shape index (κ3) is 4.25. The quantitative estimate of drug-likeness (QED) is 0.854. The first kappa shape index (κ1) is 18.7. The predicted octanol–water partition coefficient (Wildman–Crippen LogP) is 2.91. The van der Waals surface area contributed by atoms with Crippen LogP contribution in [0.4, 0.5) is 5.95 Å². The maximum Gasteiger partial charge on any atom is 0.258 e.